The number of nitrogens with zero attached hydrogens (tertiary/aromatic N) is 1. The molecule has 1 atom stereocenters. The van der Waals surface area contributed by atoms with E-state index < -0.39 is 0 Å². The zero-order chi connectivity index (χ0) is 16.8. The molecule has 0 bridgehead atoms. The second kappa shape index (κ2) is 8.20. The van der Waals surface area contributed by atoms with Gasteiger partial charge < -0.3 is 14.8 Å². The summed E-state index contributed by atoms with van der Waals surface area (Å²) in [4.78, 5) is 14.5. The van der Waals surface area contributed by atoms with Gasteiger partial charge in [-0.3, -0.25) is 9.69 Å². The lowest BCUT2D eigenvalue weighted by atomic mass is 9.99. The lowest BCUT2D eigenvalue weighted by Crippen LogP contribution is -2.41. The number of amides is 1. The normalized spacial score (nSPS) is 17.6. The number of piperidine rings is 1. The number of carbonyl (C=O) groups excluding carboxylic acids is 1. The maximum atomic E-state index is 12.3. The Morgan fingerprint density at radius 2 is 2.00 bits per heavy atom. The highest BCUT2D eigenvalue weighted by Crippen LogP contribution is 2.29. The summed E-state index contributed by atoms with van der Waals surface area (Å²) in [5, 5.41) is 3.06. The summed E-state index contributed by atoms with van der Waals surface area (Å²) in [6.45, 7) is 6.71. The van der Waals surface area contributed by atoms with E-state index in [-0.39, 0.29) is 11.9 Å². The highest BCUT2D eigenvalue weighted by molar-refractivity contribution is 5.78. The molecule has 0 saturated carbocycles. The lowest BCUT2D eigenvalue weighted by Gasteiger charge is -2.30. The van der Waals surface area contributed by atoms with Gasteiger partial charge in [0.1, 0.15) is 11.5 Å². The Morgan fingerprint density at radius 3 is 2.61 bits per heavy atom. The summed E-state index contributed by atoms with van der Waals surface area (Å²) >= 11 is 0. The minimum atomic E-state index is -0.128. The Kier molecular flexibility index (Phi) is 6.28. The van der Waals surface area contributed by atoms with Gasteiger partial charge in [0.2, 0.25) is 5.91 Å². The van der Waals surface area contributed by atoms with Crippen molar-refractivity contribution >= 4 is 5.91 Å². The van der Waals surface area contributed by atoms with Crippen LogP contribution in [0.4, 0.5) is 0 Å². The first-order valence-electron chi connectivity index (χ1n) is 8.27. The molecule has 1 aliphatic rings. The topological polar surface area (TPSA) is 50.8 Å². The lowest BCUT2D eigenvalue weighted by molar-refractivity contribution is -0.123. The monoisotopic (exact) mass is 320 g/mol. The molecule has 1 fully saturated rings. The van der Waals surface area contributed by atoms with E-state index in [1.54, 1.807) is 14.2 Å². The molecule has 5 heteroatoms. The van der Waals surface area contributed by atoms with E-state index in [0.29, 0.717) is 6.54 Å². The molecule has 1 saturated heterocycles. The Bertz CT molecular complexity index is 525. The highest BCUT2D eigenvalue weighted by Gasteiger charge is 2.20. The Labute approximate surface area is 139 Å². The van der Waals surface area contributed by atoms with Crippen LogP contribution in [0.5, 0.6) is 11.5 Å². The number of benzene rings is 1. The van der Waals surface area contributed by atoms with E-state index in [4.69, 9.17) is 9.47 Å². The fourth-order valence-electron chi connectivity index (χ4n) is 2.97. The van der Waals surface area contributed by atoms with Crippen molar-refractivity contribution in [2.75, 3.05) is 33.9 Å². The zero-order valence-corrected chi connectivity index (χ0v) is 14.6. The van der Waals surface area contributed by atoms with E-state index in [0.717, 1.165) is 36.1 Å². The number of nitrogens with one attached hydrogen (secondary N) is 1. The molecular weight excluding hydrogens is 292 g/mol. The summed E-state index contributed by atoms with van der Waals surface area (Å²) in [5.74, 6) is 2.34. The number of likely N-dealkylation sites (tertiary alicyclic amines) is 1. The summed E-state index contributed by atoms with van der Waals surface area (Å²) in [6.07, 6.45) is 2.35. The van der Waals surface area contributed by atoms with Gasteiger partial charge in [-0.25, -0.2) is 0 Å². The number of hydrogen-bond acceptors (Lipinski definition) is 4. The SMILES string of the molecule is COc1ccc(OC)c(C(C)NC(=O)CN2CCC(C)CC2)c1. The van der Waals surface area contributed by atoms with Crippen molar-refractivity contribution in [1.29, 1.82) is 0 Å². The van der Waals surface area contributed by atoms with E-state index in [1.165, 1.54) is 12.8 Å². The Balaban J connectivity index is 1.95. The van der Waals surface area contributed by atoms with Crippen molar-refractivity contribution in [1.82, 2.24) is 10.2 Å². The number of hydrogen-bond donors (Lipinski definition) is 1. The first-order chi connectivity index (χ1) is 11.0. The first kappa shape index (κ1) is 17.6. The maximum absolute atomic E-state index is 12.3. The minimum absolute atomic E-state index is 0.0527. The number of methoxy groups -OCH3 is 2. The molecule has 1 amide bonds. The molecule has 1 aromatic rings. The van der Waals surface area contributed by atoms with Crippen molar-refractivity contribution in [3.63, 3.8) is 0 Å². The molecule has 23 heavy (non-hydrogen) atoms. The standard InChI is InChI=1S/C18H28N2O3/c1-13-7-9-20(10-8-13)12-18(21)19-14(2)16-11-15(22-3)5-6-17(16)23-4/h5-6,11,13-14H,7-10,12H2,1-4H3,(H,19,21). The van der Waals surface area contributed by atoms with Gasteiger partial charge in [0.15, 0.2) is 0 Å². The average Bonchev–Trinajstić information content (AvgIpc) is 2.56. The van der Waals surface area contributed by atoms with Crippen molar-refractivity contribution in [2.45, 2.75) is 32.7 Å². The molecule has 1 unspecified atom stereocenters. The van der Waals surface area contributed by atoms with Crippen LogP contribution in [-0.4, -0.2) is 44.7 Å². The average molecular weight is 320 g/mol. The molecular formula is C18H28N2O3. The van der Waals surface area contributed by atoms with Gasteiger partial charge in [-0.1, -0.05) is 6.92 Å². The van der Waals surface area contributed by atoms with Crippen LogP contribution in [0.1, 0.15) is 38.3 Å². The van der Waals surface area contributed by atoms with Crippen molar-refractivity contribution in [2.24, 2.45) is 5.92 Å². The van der Waals surface area contributed by atoms with E-state index in [2.05, 4.69) is 17.1 Å². The predicted octanol–water partition coefficient (Wildman–Crippen LogP) is 2.61. The second-order valence-corrected chi connectivity index (χ2v) is 6.36. The van der Waals surface area contributed by atoms with Crippen LogP contribution in [0.25, 0.3) is 0 Å². The van der Waals surface area contributed by atoms with Gasteiger partial charge >= 0.3 is 0 Å². The second-order valence-electron chi connectivity index (χ2n) is 6.36. The number of carbonyl (C=O) groups is 1. The van der Waals surface area contributed by atoms with Crippen LogP contribution in [-0.2, 0) is 4.79 Å². The molecule has 0 aliphatic carbocycles. The van der Waals surface area contributed by atoms with Crippen LogP contribution in [0.2, 0.25) is 0 Å². The van der Waals surface area contributed by atoms with Crippen LogP contribution >= 0.6 is 0 Å². The quantitative estimate of drug-likeness (QED) is 0.875. The zero-order valence-electron chi connectivity index (χ0n) is 14.6. The van der Waals surface area contributed by atoms with Crippen molar-refractivity contribution < 1.29 is 14.3 Å². The molecule has 1 N–H and O–H groups in total. The summed E-state index contributed by atoms with van der Waals surface area (Å²) in [5.41, 5.74) is 0.924. The van der Waals surface area contributed by atoms with Gasteiger partial charge in [0.05, 0.1) is 26.8 Å². The van der Waals surface area contributed by atoms with Crippen LogP contribution < -0.4 is 14.8 Å². The maximum Gasteiger partial charge on any atom is 0.234 e. The summed E-state index contributed by atoms with van der Waals surface area (Å²) < 4.78 is 10.7. The third kappa shape index (κ3) is 4.86. The van der Waals surface area contributed by atoms with Crippen LogP contribution in [0.3, 0.4) is 0 Å². The fraction of sp³-hybridized carbons (Fsp3) is 0.611. The molecule has 5 nitrogen and oxygen atoms in total. The Hall–Kier alpha value is -1.75. The Morgan fingerprint density at radius 1 is 1.30 bits per heavy atom. The summed E-state index contributed by atoms with van der Waals surface area (Å²) in [7, 11) is 3.26. The van der Waals surface area contributed by atoms with Crippen molar-refractivity contribution in [3.8, 4) is 11.5 Å². The van der Waals surface area contributed by atoms with Gasteiger partial charge in [0.25, 0.3) is 0 Å². The van der Waals surface area contributed by atoms with E-state index >= 15 is 0 Å². The largest absolute Gasteiger partial charge is 0.497 e. The van der Waals surface area contributed by atoms with Gasteiger partial charge in [-0.2, -0.15) is 0 Å². The first-order valence-corrected chi connectivity index (χ1v) is 8.27. The van der Waals surface area contributed by atoms with E-state index in [9.17, 15) is 4.79 Å². The molecule has 128 valence electrons. The molecule has 0 radical (unpaired) electrons. The number of rotatable bonds is 6. The van der Waals surface area contributed by atoms with E-state index in [1.807, 2.05) is 25.1 Å². The van der Waals surface area contributed by atoms with Crippen LogP contribution in [0.15, 0.2) is 18.2 Å². The van der Waals surface area contributed by atoms with Crippen LogP contribution in [0, 0.1) is 5.92 Å². The van der Waals surface area contributed by atoms with Gasteiger partial charge in [-0.05, 0) is 57.0 Å². The smallest absolute Gasteiger partial charge is 0.234 e. The molecule has 1 aromatic carbocycles. The molecule has 1 aliphatic heterocycles. The highest BCUT2D eigenvalue weighted by atomic mass is 16.5. The molecule has 1 heterocycles. The fourth-order valence-corrected chi connectivity index (χ4v) is 2.97. The third-order valence-electron chi connectivity index (χ3n) is 4.52. The van der Waals surface area contributed by atoms with Crippen molar-refractivity contribution in [3.05, 3.63) is 23.8 Å². The minimum Gasteiger partial charge on any atom is -0.497 e. The molecule has 0 aromatic heterocycles. The predicted molar refractivity (Wildman–Crippen MR) is 90.9 cm³/mol. The van der Waals surface area contributed by atoms with Gasteiger partial charge in [-0.15, -0.1) is 0 Å². The summed E-state index contributed by atoms with van der Waals surface area (Å²) in [6, 6.07) is 5.50. The number of ether oxygens (including phenoxy) is 2. The third-order valence-corrected chi connectivity index (χ3v) is 4.52. The molecule has 2 rings (SSSR count). The van der Waals surface area contributed by atoms with Gasteiger partial charge in [0, 0.05) is 5.56 Å². The molecule has 0 spiro atoms.